The van der Waals surface area contributed by atoms with Gasteiger partial charge >= 0.3 is 0 Å². The Bertz CT molecular complexity index is 4520. The van der Waals surface area contributed by atoms with Crippen LogP contribution in [-0.2, 0) is 5.41 Å². The first kappa shape index (κ1) is 43.4. The zero-order valence-corrected chi connectivity index (χ0v) is 42.8. The van der Waals surface area contributed by atoms with Gasteiger partial charge in [-0.25, -0.2) is 0 Å². The van der Waals surface area contributed by atoms with E-state index in [1.165, 1.54) is 94.5 Å². The van der Waals surface area contributed by atoms with Crippen molar-refractivity contribution in [1.29, 1.82) is 0 Å². The van der Waals surface area contributed by atoms with E-state index in [-0.39, 0.29) is 12.1 Å². The Balaban J connectivity index is 1.06. The molecule has 2 aliphatic heterocycles. The van der Waals surface area contributed by atoms with Gasteiger partial charge in [-0.3, -0.25) is 0 Å². The fourth-order valence-corrected chi connectivity index (χ4v) is 13.6. The van der Waals surface area contributed by atoms with Crippen molar-refractivity contribution in [1.82, 2.24) is 4.57 Å². The van der Waals surface area contributed by atoms with E-state index in [1.54, 1.807) is 0 Å². The highest BCUT2D eigenvalue weighted by Gasteiger charge is 2.47. The second-order valence-electron chi connectivity index (χ2n) is 22.2. The summed E-state index contributed by atoms with van der Waals surface area (Å²) in [5.74, 6) is 0. The first-order valence-corrected chi connectivity index (χ1v) is 26.9. The molecule has 0 saturated heterocycles. The SMILES string of the molecule is CC(C)(C)c1ccc(-c2cc3c4c(c2)N(c2cccc5oc6ccccc6c25)C2=C(C=C(n5c6ccccc6c6ccccc65)CC2)B4C2=C(CCC(c4ccccc4)=C2)N3c2cccc3oc4ccccc4c23)cc1. The smallest absolute Gasteiger partial charge is 0.251 e. The Morgan fingerprint density at radius 3 is 1.49 bits per heavy atom. The molecule has 5 nitrogen and oxygen atoms in total. The van der Waals surface area contributed by atoms with Crippen LogP contribution in [0.15, 0.2) is 244 Å². The molecule has 0 unspecified atom stereocenters. The molecule has 5 heterocycles. The highest BCUT2D eigenvalue weighted by molar-refractivity contribution is 6.90. The maximum Gasteiger partial charge on any atom is 0.251 e. The fraction of sp³-hybridized carbons (Fsp3) is 0.114. The monoisotopic (exact) mass is 977 g/mol. The zero-order valence-electron chi connectivity index (χ0n) is 42.8. The largest absolute Gasteiger partial charge is 0.456 e. The number of allylic oxidation sites excluding steroid dienone is 8. The molecule has 0 N–H and O–H groups in total. The number of benzene rings is 9. The summed E-state index contributed by atoms with van der Waals surface area (Å²) in [5, 5.41) is 7.04. The minimum absolute atomic E-state index is 0.0186. The molecule has 16 rings (SSSR count). The summed E-state index contributed by atoms with van der Waals surface area (Å²) in [5.41, 5.74) is 25.0. The number of hydrogen-bond donors (Lipinski definition) is 0. The van der Waals surface area contributed by atoms with E-state index in [0.717, 1.165) is 80.9 Å². The summed E-state index contributed by atoms with van der Waals surface area (Å²) in [7, 11) is 0. The third kappa shape index (κ3) is 6.34. The van der Waals surface area contributed by atoms with Gasteiger partial charge in [-0.05, 0) is 142 Å². The van der Waals surface area contributed by atoms with Gasteiger partial charge in [-0.15, -0.1) is 0 Å². The maximum absolute atomic E-state index is 6.74. The molecule has 2 aliphatic carbocycles. The molecule has 12 aromatic rings. The number of aromatic nitrogens is 1. The molecule has 0 saturated carbocycles. The molecule has 0 amide bonds. The summed E-state index contributed by atoms with van der Waals surface area (Å²) in [6.45, 7) is 6.81. The molecular formula is C70H52BN3O2. The normalized spacial score (nSPS) is 15.6. The summed E-state index contributed by atoms with van der Waals surface area (Å²) in [6.07, 6.45) is 8.67. The second kappa shape index (κ2) is 16.3. The summed E-state index contributed by atoms with van der Waals surface area (Å²) >= 11 is 0. The third-order valence-corrected chi connectivity index (χ3v) is 17.0. The topological polar surface area (TPSA) is 37.7 Å². The van der Waals surface area contributed by atoms with Gasteiger partial charge < -0.3 is 23.2 Å². The van der Waals surface area contributed by atoms with Crippen LogP contribution in [0.1, 0.15) is 57.6 Å². The van der Waals surface area contributed by atoms with Gasteiger partial charge in [0.1, 0.15) is 22.3 Å². The summed E-state index contributed by atoms with van der Waals surface area (Å²) in [4.78, 5) is 5.31. The predicted molar refractivity (Wildman–Crippen MR) is 318 cm³/mol. The Labute approximate surface area is 441 Å². The standard InChI is InChI=1S/C70H52BN3O2/c1-70(2,3)47-34-31-44(32-35-47)46-40-61-69-62(41-46)74(60-26-16-30-66-68(60)52-22-10-14-28-64(52)76-66)58-38-36-48(72-55-23-11-7-19-49(55)50-20-8-12-24-56(50)72)42-54(58)71(69)53-39-45(43-17-5-4-6-18-43)33-37-57(53)73(61)59-25-15-29-65-67(59)51-21-9-13-27-63(51)75-65/h4-32,34-35,39-42H,33,36-38H2,1-3H3. The zero-order chi connectivity index (χ0) is 50.4. The molecule has 0 fully saturated rings. The third-order valence-electron chi connectivity index (χ3n) is 17.0. The molecule has 76 heavy (non-hydrogen) atoms. The van der Waals surface area contributed by atoms with Crippen LogP contribution in [0.5, 0.6) is 0 Å². The fourth-order valence-electron chi connectivity index (χ4n) is 13.6. The number of para-hydroxylation sites is 4. The van der Waals surface area contributed by atoms with Crippen molar-refractivity contribution in [2.75, 3.05) is 9.80 Å². The maximum atomic E-state index is 6.74. The lowest BCUT2D eigenvalue weighted by Gasteiger charge is -2.47. The van der Waals surface area contributed by atoms with Crippen molar-refractivity contribution < 1.29 is 8.83 Å². The Hall–Kier alpha value is -9.00. The molecule has 9 aromatic carbocycles. The van der Waals surface area contributed by atoms with Crippen molar-refractivity contribution in [2.24, 2.45) is 0 Å². The van der Waals surface area contributed by atoms with E-state index in [4.69, 9.17) is 8.83 Å². The second-order valence-corrected chi connectivity index (χ2v) is 22.2. The minimum atomic E-state index is -0.0807. The quantitative estimate of drug-likeness (QED) is 0.161. The van der Waals surface area contributed by atoms with Crippen LogP contribution >= 0.6 is 0 Å². The Morgan fingerprint density at radius 1 is 0.408 bits per heavy atom. The van der Waals surface area contributed by atoms with Crippen LogP contribution in [-0.4, -0.2) is 11.3 Å². The van der Waals surface area contributed by atoms with E-state index >= 15 is 0 Å². The van der Waals surface area contributed by atoms with E-state index in [2.05, 4.69) is 247 Å². The highest BCUT2D eigenvalue weighted by Crippen LogP contribution is 2.55. The van der Waals surface area contributed by atoms with Crippen molar-refractivity contribution in [3.8, 4) is 11.1 Å². The molecule has 3 aromatic heterocycles. The van der Waals surface area contributed by atoms with Crippen LogP contribution in [0.3, 0.4) is 0 Å². The van der Waals surface area contributed by atoms with E-state index in [9.17, 15) is 0 Å². The predicted octanol–water partition coefficient (Wildman–Crippen LogP) is 18.4. The minimum Gasteiger partial charge on any atom is -0.456 e. The lowest BCUT2D eigenvalue weighted by molar-refractivity contribution is 0.590. The lowest BCUT2D eigenvalue weighted by Crippen LogP contribution is -2.51. The molecule has 6 heteroatoms. The Morgan fingerprint density at radius 2 is 0.908 bits per heavy atom. The van der Waals surface area contributed by atoms with Gasteiger partial charge in [0.15, 0.2) is 0 Å². The first-order chi connectivity index (χ1) is 37.3. The van der Waals surface area contributed by atoms with Gasteiger partial charge in [0, 0.05) is 50.0 Å². The number of anilines is 4. The summed E-state index contributed by atoms with van der Waals surface area (Å²) in [6, 6.07) is 73.7. The summed E-state index contributed by atoms with van der Waals surface area (Å²) < 4.78 is 16.0. The highest BCUT2D eigenvalue weighted by atomic mass is 16.3. The van der Waals surface area contributed by atoms with E-state index in [0.29, 0.717) is 0 Å². The molecule has 4 aliphatic rings. The van der Waals surface area contributed by atoms with Crippen LogP contribution in [0, 0.1) is 0 Å². The van der Waals surface area contributed by atoms with Crippen LogP contribution in [0.2, 0.25) is 0 Å². The van der Waals surface area contributed by atoms with E-state index < -0.39 is 0 Å². The van der Waals surface area contributed by atoms with Gasteiger partial charge in [-0.2, -0.15) is 0 Å². The average Bonchev–Trinajstić information content (AvgIpc) is 4.28. The first-order valence-electron chi connectivity index (χ1n) is 26.9. The van der Waals surface area contributed by atoms with Gasteiger partial charge in [0.25, 0.3) is 6.71 Å². The average molecular weight is 978 g/mol. The molecule has 0 spiro atoms. The van der Waals surface area contributed by atoms with Gasteiger partial charge in [0.05, 0.1) is 33.2 Å². The van der Waals surface area contributed by atoms with Crippen molar-refractivity contribution >= 4 is 112 Å². The van der Waals surface area contributed by atoms with Gasteiger partial charge in [0.2, 0.25) is 0 Å². The van der Waals surface area contributed by atoms with Crippen LogP contribution in [0.4, 0.5) is 22.7 Å². The number of rotatable bonds is 5. The van der Waals surface area contributed by atoms with Crippen molar-refractivity contribution in [3.05, 3.63) is 246 Å². The van der Waals surface area contributed by atoms with Crippen LogP contribution < -0.4 is 15.3 Å². The van der Waals surface area contributed by atoms with E-state index in [1.807, 2.05) is 0 Å². The molecule has 0 atom stereocenters. The van der Waals surface area contributed by atoms with Crippen LogP contribution in [0.25, 0.3) is 88.1 Å². The van der Waals surface area contributed by atoms with Crippen molar-refractivity contribution in [3.63, 3.8) is 0 Å². The van der Waals surface area contributed by atoms with Crippen molar-refractivity contribution in [2.45, 2.75) is 51.9 Å². The number of hydrogen-bond acceptors (Lipinski definition) is 4. The number of nitrogens with zero attached hydrogens (tertiary/aromatic N) is 3. The van der Waals surface area contributed by atoms with Gasteiger partial charge in [-0.1, -0.05) is 166 Å². The lowest BCUT2D eigenvalue weighted by atomic mass is 9.31. The molecule has 0 radical (unpaired) electrons. The molecule has 0 bridgehead atoms. The number of fused-ring (bicyclic) bond motifs is 11. The molecular weight excluding hydrogens is 926 g/mol. The number of furan rings is 2. The Kier molecular flexibility index (Phi) is 9.28. The molecule has 362 valence electrons.